The van der Waals surface area contributed by atoms with Crippen molar-refractivity contribution in [1.29, 1.82) is 0 Å². The highest BCUT2D eigenvalue weighted by Crippen LogP contribution is 2.07. The zero-order valence-electron chi connectivity index (χ0n) is 9.40. The zero-order valence-corrected chi connectivity index (χ0v) is 9.40. The Morgan fingerprint density at radius 1 is 1.27 bits per heavy atom. The van der Waals surface area contributed by atoms with Crippen LogP contribution in [-0.4, -0.2) is 19.3 Å². The SMILES string of the molecule is CC(C)OCCOCc1cccc(N)c1. The van der Waals surface area contributed by atoms with Crippen molar-refractivity contribution in [3.63, 3.8) is 0 Å². The molecule has 0 spiro atoms. The van der Waals surface area contributed by atoms with Crippen LogP contribution in [0.25, 0.3) is 0 Å². The van der Waals surface area contributed by atoms with E-state index in [1.165, 1.54) is 0 Å². The molecular weight excluding hydrogens is 190 g/mol. The van der Waals surface area contributed by atoms with Gasteiger partial charge in [-0.1, -0.05) is 12.1 Å². The van der Waals surface area contributed by atoms with E-state index in [4.69, 9.17) is 15.2 Å². The molecule has 0 atom stereocenters. The van der Waals surface area contributed by atoms with Crippen LogP contribution < -0.4 is 5.73 Å². The molecule has 0 heterocycles. The van der Waals surface area contributed by atoms with Crippen LogP contribution in [0.4, 0.5) is 5.69 Å². The second kappa shape index (κ2) is 6.43. The first-order chi connectivity index (χ1) is 7.18. The molecule has 0 aliphatic heterocycles. The number of anilines is 1. The molecule has 0 unspecified atom stereocenters. The van der Waals surface area contributed by atoms with Gasteiger partial charge in [0.25, 0.3) is 0 Å². The zero-order chi connectivity index (χ0) is 11.1. The Morgan fingerprint density at radius 3 is 2.73 bits per heavy atom. The molecule has 3 nitrogen and oxygen atoms in total. The predicted octanol–water partition coefficient (Wildman–Crippen LogP) is 2.21. The molecule has 0 radical (unpaired) electrons. The molecule has 1 aromatic rings. The largest absolute Gasteiger partial charge is 0.399 e. The summed E-state index contributed by atoms with van der Waals surface area (Å²) in [5.41, 5.74) is 7.52. The molecule has 0 amide bonds. The van der Waals surface area contributed by atoms with Gasteiger partial charge in [0, 0.05) is 5.69 Å². The number of rotatable bonds is 6. The summed E-state index contributed by atoms with van der Waals surface area (Å²) in [4.78, 5) is 0. The average Bonchev–Trinajstić information content (AvgIpc) is 2.17. The number of ether oxygens (including phenoxy) is 2. The minimum absolute atomic E-state index is 0.265. The minimum Gasteiger partial charge on any atom is -0.399 e. The topological polar surface area (TPSA) is 44.5 Å². The molecule has 0 fully saturated rings. The smallest absolute Gasteiger partial charge is 0.0718 e. The Kier molecular flexibility index (Phi) is 5.15. The van der Waals surface area contributed by atoms with E-state index in [0.717, 1.165) is 11.3 Å². The van der Waals surface area contributed by atoms with Gasteiger partial charge < -0.3 is 15.2 Å². The van der Waals surface area contributed by atoms with Crippen molar-refractivity contribution in [2.75, 3.05) is 18.9 Å². The van der Waals surface area contributed by atoms with Crippen LogP contribution in [0, 0.1) is 0 Å². The van der Waals surface area contributed by atoms with Gasteiger partial charge in [-0.3, -0.25) is 0 Å². The van der Waals surface area contributed by atoms with Crippen molar-refractivity contribution in [2.45, 2.75) is 26.6 Å². The second-order valence-electron chi connectivity index (χ2n) is 3.72. The van der Waals surface area contributed by atoms with Crippen LogP contribution in [0.5, 0.6) is 0 Å². The van der Waals surface area contributed by atoms with E-state index in [0.29, 0.717) is 19.8 Å². The van der Waals surface area contributed by atoms with Crippen LogP contribution in [0.15, 0.2) is 24.3 Å². The van der Waals surface area contributed by atoms with Gasteiger partial charge in [0.05, 0.1) is 25.9 Å². The summed E-state index contributed by atoms with van der Waals surface area (Å²) in [5.74, 6) is 0. The average molecular weight is 209 g/mol. The van der Waals surface area contributed by atoms with Crippen molar-refractivity contribution in [1.82, 2.24) is 0 Å². The second-order valence-corrected chi connectivity index (χ2v) is 3.72. The van der Waals surface area contributed by atoms with Crippen molar-refractivity contribution in [3.8, 4) is 0 Å². The first-order valence-electron chi connectivity index (χ1n) is 5.22. The van der Waals surface area contributed by atoms with Gasteiger partial charge in [0.2, 0.25) is 0 Å². The summed E-state index contributed by atoms with van der Waals surface area (Å²) in [6.07, 6.45) is 0.265. The third kappa shape index (κ3) is 5.40. The first kappa shape index (κ1) is 12.0. The fourth-order valence-electron chi connectivity index (χ4n) is 1.22. The monoisotopic (exact) mass is 209 g/mol. The van der Waals surface area contributed by atoms with Crippen LogP contribution >= 0.6 is 0 Å². The Hall–Kier alpha value is -1.06. The van der Waals surface area contributed by atoms with Crippen molar-refractivity contribution in [2.24, 2.45) is 0 Å². The molecule has 1 rings (SSSR count). The highest BCUT2D eigenvalue weighted by molar-refractivity contribution is 5.40. The van der Waals surface area contributed by atoms with Crippen LogP contribution in [0.3, 0.4) is 0 Å². The number of hydrogen-bond donors (Lipinski definition) is 1. The fraction of sp³-hybridized carbons (Fsp3) is 0.500. The van der Waals surface area contributed by atoms with Gasteiger partial charge in [0.15, 0.2) is 0 Å². The third-order valence-electron chi connectivity index (χ3n) is 1.90. The molecule has 0 bridgehead atoms. The Labute approximate surface area is 91.2 Å². The van der Waals surface area contributed by atoms with Gasteiger partial charge >= 0.3 is 0 Å². The summed E-state index contributed by atoms with van der Waals surface area (Å²) in [6, 6.07) is 7.72. The molecule has 1 aromatic carbocycles. The molecule has 0 aromatic heterocycles. The molecule has 0 saturated heterocycles. The third-order valence-corrected chi connectivity index (χ3v) is 1.90. The molecule has 3 heteroatoms. The molecule has 0 aliphatic carbocycles. The Bertz CT molecular complexity index is 287. The van der Waals surface area contributed by atoms with E-state index in [1.54, 1.807) is 0 Å². The Balaban J connectivity index is 2.15. The number of benzene rings is 1. The molecule has 84 valence electrons. The highest BCUT2D eigenvalue weighted by Gasteiger charge is 1.95. The van der Waals surface area contributed by atoms with Crippen molar-refractivity contribution in [3.05, 3.63) is 29.8 Å². The van der Waals surface area contributed by atoms with Gasteiger partial charge in [-0.25, -0.2) is 0 Å². The van der Waals surface area contributed by atoms with E-state index in [1.807, 2.05) is 38.1 Å². The normalized spacial score (nSPS) is 10.9. The van der Waals surface area contributed by atoms with Crippen LogP contribution in [0.1, 0.15) is 19.4 Å². The molecule has 0 aliphatic rings. The molecule has 2 N–H and O–H groups in total. The summed E-state index contributed by atoms with van der Waals surface area (Å²) in [6.45, 7) is 5.87. The summed E-state index contributed by atoms with van der Waals surface area (Å²) in [7, 11) is 0. The predicted molar refractivity (Wildman–Crippen MR) is 61.6 cm³/mol. The maximum atomic E-state index is 5.65. The van der Waals surface area contributed by atoms with E-state index in [9.17, 15) is 0 Å². The van der Waals surface area contributed by atoms with Crippen molar-refractivity contribution >= 4 is 5.69 Å². The van der Waals surface area contributed by atoms with Crippen LogP contribution in [-0.2, 0) is 16.1 Å². The van der Waals surface area contributed by atoms with Gasteiger partial charge in [0.1, 0.15) is 0 Å². The lowest BCUT2D eigenvalue weighted by molar-refractivity contribution is 0.0143. The number of hydrogen-bond acceptors (Lipinski definition) is 3. The number of nitrogen functional groups attached to an aromatic ring is 1. The lowest BCUT2D eigenvalue weighted by Crippen LogP contribution is -2.09. The number of nitrogens with two attached hydrogens (primary N) is 1. The quantitative estimate of drug-likeness (QED) is 0.577. The van der Waals surface area contributed by atoms with Crippen LogP contribution in [0.2, 0.25) is 0 Å². The standard InChI is InChI=1S/C12H19NO2/c1-10(2)15-7-6-14-9-11-4-3-5-12(13)8-11/h3-5,8,10H,6-7,9,13H2,1-2H3. The minimum atomic E-state index is 0.265. The van der Waals surface area contributed by atoms with E-state index >= 15 is 0 Å². The highest BCUT2D eigenvalue weighted by atomic mass is 16.5. The maximum Gasteiger partial charge on any atom is 0.0718 e. The van der Waals surface area contributed by atoms with Gasteiger partial charge in [-0.15, -0.1) is 0 Å². The first-order valence-corrected chi connectivity index (χ1v) is 5.22. The maximum absolute atomic E-state index is 5.65. The lowest BCUT2D eigenvalue weighted by atomic mass is 10.2. The van der Waals surface area contributed by atoms with E-state index in [2.05, 4.69) is 0 Å². The van der Waals surface area contributed by atoms with Crippen molar-refractivity contribution < 1.29 is 9.47 Å². The molecular formula is C12H19NO2. The lowest BCUT2D eigenvalue weighted by Gasteiger charge is -2.08. The summed E-state index contributed by atoms with van der Waals surface area (Å²) >= 11 is 0. The Morgan fingerprint density at radius 2 is 2.07 bits per heavy atom. The molecule has 15 heavy (non-hydrogen) atoms. The fourth-order valence-corrected chi connectivity index (χ4v) is 1.22. The summed E-state index contributed by atoms with van der Waals surface area (Å²) in [5, 5.41) is 0. The van der Waals surface area contributed by atoms with E-state index in [-0.39, 0.29) is 6.10 Å². The summed E-state index contributed by atoms with van der Waals surface area (Å²) < 4.78 is 10.8. The molecule has 0 saturated carbocycles. The van der Waals surface area contributed by atoms with Gasteiger partial charge in [-0.05, 0) is 31.5 Å². The van der Waals surface area contributed by atoms with Gasteiger partial charge in [-0.2, -0.15) is 0 Å². The van der Waals surface area contributed by atoms with E-state index < -0.39 is 0 Å².